The van der Waals surface area contributed by atoms with Crippen LogP contribution in [-0.2, 0) is 24.8 Å². The number of rotatable bonds is 6. The number of ether oxygens (including phenoxy) is 1. The molecule has 1 aliphatic heterocycles. The van der Waals surface area contributed by atoms with E-state index in [1.54, 1.807) is 24.9 Å². The molecule has 3 rings (SSSR count). The van der Waals surface area contributed by atoms with Crippen LogP contribution in [0.15, 0.2) is 6.20 Å². The molecule has 0 unspecified atom stereocenters. The molecule has 1 amide bonds. The first-order valence-corrected chi connectivity index (χ1v) is 10.1. The van der Waals surface area contributed by atoms with Crippen molar-refractivity contribution in [2.24, 2.45) is 7.05 Å². The number of aromatic nitrogens is 2. The first-order chi connectivity index (χ1) is 12.9. The van der Waals surface area contributed by atoms with E-state index in [4.69, 9.17) is 4.74 Å². The minimum Gasteiger partial charge on any atom is -0.462 e. The van der Waals surface area contributed by atoms with E-state index in [0.717, 1.165) is 48.5 Å². The predicted octanol–water partition coefficient (Wildman–Crippen LogP) is 2.99. The van der Waals surface area contributed by atoms with Gasteiger partial charge in [0.05, 0.1) is 12.2 Å². The molecule has 2 aromatic rings. The van der Waals surface area contributed by atoms with Crippen LogP contribution in [0.1, 0.15) is 57.1 Å². The first-order valence-electron chi connectivity index (χ1n) is 9.30. The number of esters is 1. The third kappa shape index (κ3) is 4.06. The topological polar surface area (TPSA) is 76.5 Å². The van der Waals surface area contributed by atoms with Gasteiger partial charge >= 0.3 is 5.97 Å². The smallest absolute Gasteiger partial charge is 0.341 e. The molecule has 1 N–H and O–H groups in total. The van der Waals surface area contributed by atoms with Gasteiger partial charge in [0.1, 0.15) is 5.00 Å². The molecule has 3 heterocycles. The second-order valence-corrected chi connectivity index (χ2v) is 7.85. The van der Waals surface area contributed by atoms with Crippen molar-refractivity contribution in [3.05, 3.63) is 33.5 Å². The van der Waals surface area contributed by atoms with E-state index < -0.39 is 0 Å². The normalized spacial score (nSPS) is 14.1. The van der Waals surface area contributed by atoms with Gasteiger partial charge in [-0.3, -0.25) is 14.4 Å². The molecule has 2 aromatic heterocycles. The minimum atomic E-state index is -0.369. The monoisotopic (exact) mass is 390 g/mol. The lowest BCUT2D eigenvalue weighted by atomic mass is 10.0. The Kier molecular flexibility index (Phi) is 5.96. The highest BCUT2D eigenvalue weighted by atomic mass is 32.1. The fourth-order valence-electron chi connectivity index (χ4n) is 3.46. The van der Waals surface area contributed by atoms with Crippen molar-refractivity contribution in [3.63, 3.8) is 0 Å². The number of hydrogen-bond acceptors (Lipinski definition) is 6. The molecule has 0 saturated heterocycles. The molecule has 8 heteroatoms. The Hall–Kier alpha value is -2.19. The van der Waals surface area contributed by atoms with Crippen LogP contribution in [0.2, 0.25) is 0 Å². The Labute approximate surface area is 163 Å². The van der Waals surface area contributed by atoms with Gasteiger partial charge in [-0.1, -0.05) is 6.92 Å². The molecule has 0 radical (unpaired) electrons. The van der Waals surface area contributed by atoms with Crippen molar-refractivity contribution >= 4 is 28.2 Å². The summed E-state index contributed by atoms with van der Waals surface area (Å²) in [4.78, 5) is 28.8. The Bertz CT molecular complexity index is 856. The molecule has 0 saturated carbocycles. The molecule has 27 heavy (non-hydrogen) atoms. The number of nitrogens with one attached hydrogen (secondary N) is 1. The molecule has 0 bridgehead atoms. The van der Waals surface area contributed by atoms with Gasteiger partial charge in [0.2, 0.25) is 0 Å². The van der Waals surface area contributed by atoms with Crippen molar-refractivity contribution in [1.82, 2.24) is 14.7 Å². The maximum absolute atomic E-state index is 12.7. The molecule has 0 spiro atoms. The van der Waals surface area contributed by atoms with E-state index in [1.165, 1.54) is 11.3 Å². The molecule has 1 aliphatic rings. The zero-order chi connectivity index (χ0) is 19.6. The average Bonchev–Trinajstić information content (AvgIpc) is 3.13. The fraction of sp³-hybridized carbons (Fsp3) is 0.526. The summed E-state index contributed by atoms with van der Waals surface area (Å²) in [5.41, 5.74) is 2.68. The van der Waals surface area contributed by atoms with Crippen LogP contribution in [0.3, 0.4) is 0 Å². The summed E-state index contributed by atoms with van der Waals surface area (Å²) in [7, 11) is 1.78. The fourth-order valence-corrected chi connectivity index (χ4v) is 4.74. The SMILES string of the molecule is CCCN1CCc2c(sc(NC(=O)c3nn(C)cc3C)c2C(=O)OCC)C1. The molecule has 0 fully saturated rings. The molecular weight excluding hydrogens is 364 g/mol. The van der Waals surface area contributed by atoms with E-state index in [1.807, 2.05) is 6.92 Å². The van der Waals surface area contributed by atoms with Crippen molar-refractivity contribution in [2.75, 3.05) is 25.0 Å². The number of hydrogen-bond donors (Lipinski definition) is 1. The van der Waals surface area contributed by atoms with Gasteiger partial charge < -0.3 is 10.1 Å². The maximum Gasteiger partial charge on any atom is 0.341 e. The summed E-state index contributed by atoms with van der Waals surface area (Å²) in [6.07, 6.45) is 3.68. The van der Waals surface area contributed by atoms with Crippen molar-refractivity contribution < 1.29 is 14.3 Å². The van der Waals surface area contributed by atoms with Crippen LogP contribution >= 0.6 is 11.3 Å². The highest BCUT2D eigenvalue weighted by molar-refractivity contribution is 7.17. The third-order valence-electron chi connectivity index (χ3n) is 4.61. The Balaban J connectivity index is 1.93. The van der Waals surface area contributed by atoms with Crippen LogP contribution < -0.4 is 5.32 Å². The van der Waals surface area contributed by atoms with Crippen molar-refractivity contribution in [2.45, 2.75) is 40.2 Å². The largest absolute Gasteiger partial charge is 0.462 e. The summed E-state index contributed by atoms with van der Waals surface area (Å²) in [6.45, 7) is 8.84. The standard InChI is InChI=1S/C19H26N4O3S/c1-5-8-23-9-7-13-14(11-23)27-18(15(13)19(25)26-6-2)20-17(24)16-12(3)10-22(4)21-16/h10H,5-9,11H2,1-4H3,(H,20,24). The second kappa shape index (κ2) is 8.22. The zero-order valence-electron chi connectivity index (χ0n) is 16.3. The summed E-state index contributed by atoms with van der Waals surface area (Å²) >= 11 is 1.47. The molecule has 7 nitrogen and oxygen atoms in total. The number of thiophene rings is 1. The summed E-state index contributed by atoms with van der Waals surface area (Å²) in [6, 6.07) is 0. The van der Waals surface area contributed by atoms with Gasteiger partial charge in [0, 0.05) is 36.8 Å². The molecule has 0 aromatic carbocycles. The second-order valence-electron chi connectivity index (χ2n) is 6.74. The summed E-state index contributed by atoms with van der Waals surface area (Å²) in [5, 5.41) is 7.69. The van der Waals surface area contributed by atoms with Crippen molar-refractivity contribution in [1.29, 1.82) is 0 Å². The lowest BCUT2D eigenvalue weighted by molar-refractivity contribution is 0.0526. The van der Waals surface area contributed by atoms with E-state index >= 15 is 0 Å². The average molecular weight is 391 g/mol. The number of fused-ring (bicyclic) bond motifs is 1. The van der Waals surface area contributed by atoms with Gasteiger partial charge in [-0.15, -0.1) is 11.3 Å². The van der Waals surface area contributed by atoms with Gasteiger partial charge in [0.15, 0.2) is 5.69 Å². The van der Waals surface area contributed by atoms with Crippen LogP contribution in [-0.4, -0.2) is 46.3 Å². The van der Waals surface area contributed by atoms with E-state index in [9.17, 15) is 9.59 Å². The Morgan fingerprint density at radius 1 is 1.37 bits per heavy atom. The van der Waals surface area contributed by atoms with Crippen LogP contribution in [0.4, 0.5) is 5.00 Å². The Morgan fingerprint density at radius 3 is 2.78 bits per heavy atom. The van der Waals surface area contributed by atoms with Crippen LogP contribution in [0, 0.1) is 6.92 Å². The highest BCUT2D eigenvalue weighted by Gasteiger charge is 2.30. The molecule has 0 aliphatic carbocycles. The number of carbonyl (C=O) groups excluding carboxylic acids is 2. The van der Waals surface area contributed by atoms with E-state index in [2.05, 4.69) is 22.2 Å². The summed E-state index contributed by atoms with van der Waals surface area (Å²) < 4.78 is 6.88. The lowest BCUT2D eigenvalue weighted by Gasteiger charge is -2.26. The minimum absolute atomic E-state index is 0.303. The predicted molar refractivity (Wildman–Crippen MR) is 105 cm³/mol. The lowest BCUT2D eigenvalue weighted by Crippen LogP contribution is -2.30. The van der Waals surface area contributed by atoms with Gasteiger partial charge in [-0.05, 0) is 38.8 Å². The zero-order valence-corrected chi connectivity index (χ0v) is 17.1. The van der Waals surface area contributed by atoms with Crippen LogP contribution in [0.5, 0.6) is 0 Å². The first kappa shape index (κ1) is 19.6. The number of aryl methyl sites for hydroxylation is 2. The highest BCUT2D eigenvalue weighted by Crippen LogP contribution is 2.38. The van der Waals surface area contributed by atoms with Gasteiger partial charge in [-0.25, -0.2) is 4.79 Å². The van der Waals surface area contributed by atoms with Gasteiger partial charge in [0.25, 0.3) is 5.91 Å². The quantitative estimate of drug-likeness (QED) is 0.768. The number of amides is 1. The molecule has 146 valence electrons. The number of anilines is 1. The summed E-state index contributed by atoms with van der Waals surface area (Å²) in [5.74, 6) is -0.672. The van der Waals surface area contributed by atoms with E-state index in [-0.39, 0.29) is 11.9 Å². The van der Waals surface area contributed by atoms with Gasteiger partial charge in [-0.2, -0.15) is 5.10 Å². The Morgan fingerprint density at radius 2 is 2.15 bits per heavy atom. The van der Waals surface area contributed by atoms with E-state index in [0.29, 0.717) is 22.9 Å². The molecule has 0 atom stereocenters. The van der Waals surface area contributed by atoms with Crippen LogP contribution in [0.25, 0.3) is 0 Å². The van der Waals surface area contributed by atoms with Crippen molar-refractivity contribution in [3.8, 4) is 0 Å². The number of nitrogens with zero attached hydrogens (tertiary/aromatic N) is 3. The maximum atomic E-state index is 12.7. The number of carbonyl (C=O) groups is 2. The molecular formula is C19H26N4O3S. The third-order valence-corrected chi connectivity index (χ3v) is 5.74.